The van der Waals surface area contributed by atoms with Crippen LogP contribution in [0, 0.1) is 11.7 Å². The predicted octanol–water partition coefficient (Wildman–Crippen LogP) is 2.43. The highest BCUT2D eigenvalue weighted by Gasteiger charge is 2.47. The Hall–Kier alpha value is -2.80. The van der Waals surface area contributed by atoms with Crippen LogP contribution in [0.4, 0.5) is 4.39 Å². The number of fused-ring (bicyclic) bond motifs is 1. The smallest absolute Gasteiger partial charge is 0.272 e. The minimum atomic E-state index is -0.262. The van der Waals surface area contributed by atoms with Gasteiger partial charge in [-0.05, 0) is 49.1 Å². The van der Waals surface area contributed by atoms with Crippen molar-refractivity contribution in [3.05, 3.63) is 65.7 Å². The average Bonchev–Trinajstić information content (AvgIpc) is 3.52. The molecule has 0 radical (unpaired) electrons. The molecule has 6 nitrogen and oxygen atoms in total. The van der Waals surface area contributed by atoms with Crippen LogP contribution in [0.2, 0.25) is 0 Å². The highest BCUT2D eigenvalue weighted by molar-refractivity contribution is 5.92. The van der Waals surface area contributed by atoms with Crippen LogP contribution >= 0.6 is 0 Å². The van der Waals surface area contributed by atoms with Crippen LogP contribution in [0.25, 0.3) is 0 Å². The van der Waals surface area contributed by atoms with E-state index in [-0.39, 0.29) is 35.5 Å². The van der Waals surface area contributed by atoms with Gasteiger partial charge < -0.3 is 10.2 Å². The molecule has 3 aliphatic rings. The fourth-order valence-electron chi connectivity index (χ4n) is 5.09. The van der Waals surface area contributed by atoms with Crippen molar-refractivity contribution in [3.8, 4) is 0 Å². The number of hydrogen-bond donors (Lipinski definition) is 1. The Morgan fingerprint density at radius 3 is 2.58 bits per heavy atom. The van der Waals surface area contributed by atoms with Gasteiger partial charge in [-0.15, -0.1) is 0 Å². The Morgan fingerprint density at radius 2 is 1.87 bits per heavy atom. The van der Waals surface area contributed by atoms with Gasteiger partial charge in [-0.1, -0.05) is 18.2 Å². The van der Waals surface area contributed by atoms with Crippen molar-refractivity contribution < 1.29 is 14.0 Å². The topological polar surface area (TPSA) is 65.5 Å². The molecule has 2 aliphatic heterocycles. The lowest BCUT2D eigenvalue weighted by Gasteiger charge is -2.38. The Labute approximate surface area is 181 Å². The molecule has 31 heavy (non-hydrogen) atoms. The third-order valence-corrected chi connectivity index (χ3v) is 6.77. The molecule has 3 atom stereocenters. The Kier molecular flexibility index (Phi) is 5.44. The van der Waals surface area contributed by atoms with E-state index in [9.17, 15) is 14.0 Å². The molecular formula is C24H27FN4O2. The maximum atomic E-state index is 13.5. The van der Waals surface area contributed by atoms with Gasteiger partial charge in [0.05, 0.1) is 6.54 Å². The third kappa shape index (κ3) is 4.32. The van der Waals surface area contributed by atoms with E-state index in [0.29, 0.717) is 24.8 Å². The van der Waals surface area contributed by atoms with Gasteiger partial charge in [0.15, 0.2) is 0 Å². The first-order chi connectivity index (χ1) is 15.1. The molecule has 1 saturated carbocycles. The summed E-state index contributed by atoms with van der Waals surface area (Å²) >= 11 is 0. The number of likely N-dealkylation sites (tertiary alicyclic amines) is 2. The first-order valence-corrected chi connectivity index (χ1v) is 11.1. The van der Waals surface area contributed by atoms with E-state index in [4.69, 9.17) is 0 Å². The number of carbonyl (C=O) groups is 2. The van der Waals surface area contributed by atoms with E-state index in [1.807, 2.05) is 23.1 Å². The van der Waals surface area contributed by atoms with Gasteiger partial charge in [0.1, 0.15) is 11.5 Å². The summed E-state index contributed by atoms with van der Waals surface area (Å²) in [6, 6.07) is 12.4. The zero-order valence-corrected chi connectivity index (χ0v) is 17.4. The minimum Gasteiger partial charge on any atom is -0.352 e. The second kappa shape index (κ2) is 8.38. The van der Waals surface area contributed by atoms with E-state index >= 15 is 0 Å². The van der Waals surface area contributed by atoms with Crippen LogP contribution in [0.1, 0.15) is 41.2 Å². The van der Waals surface area contributed by atoms with Crippen molar-refractivity contribution >= 4 is 11.8 Å². The van der Waals surface area contributed by atoms with Gasteiger partial charge in [-0.2, -0.15) is 0 Å². The summed E-state index contributed by atoms with van der Waals surface area (Å²) in [6.45, 7) is 2.50. The number of pyridine rings is 1. The molecule has 1 aromatic heterocycles. The molecule has 1 N–H and O–H groups in total. The van der Waals surface area contributed by atoms with Crippen LogP contribution in [0.3, 0.4) is 0 Å². The number of carbonyl (C=O) groups excluding carboxylic acids is 2. The zero-order valence-electron chi connectivity index (χ0n) is 17.4. The lowest BCUT2D eigenvalue weighted by molar-refractivity contribution is -0.123. The molecule has 1 aliphatic carbocycles. The van der Waals surface area contributed by atoms with Crippen molar-refractivity contribution in [1.82, 2.24) is 20.1 Å². The predicted molar refractivity (Wildman–Crippen MR) is 114 cm³/mol. The lowest BCUT2D eigenvalue weighted by atomic mass is 9.82. The van der Waals surface area contributed by atoms with E-state index in [0.717, 1.165) is 37.9 Å². The van der Waals surface area contributed by atoms with Crippen LogP contribution in [0.5, 0.6) is 0 Å². The van der Waals surface area contributed by atoms with Crippen LogP contribution < -0.4 is 5.32 Å². The normalized spacial score (nSPS) is 25.8. The number of nitrogens with one attached hydrogen (secondary N) is 1. The number of rotatable bonds is 5. The quantitative estimate of drug-likeness (QED) is 0.804. The maximum absolute atomic E-state index is 13.5. The van der Waals surface area contributed by atoms with Crippen molar-refractivity contribution in [2.24, 2.45) is 5.92 Å². The second-order valence-electron chi connectivity index (χ2n) is 8.93. The molecule has 0 unspecified atom stereocenters. The minimum absolute atomic E-state index is 0.0554. The van der Waals surface area contributed by atoms with Crippen molar-refractivity contribution in [2.75, 3.05) is 26.2 Å². The fraction of sp³-hybridized carbons (Fsp3) is 0.458. The number of halogens is 1. The second-order valence-corrected chi connectivity index (χ2v) is 8.93. The highest BCUT2D eigenvalue weighted by atomic mass is 19.1. The third-order valence-electron chi connectivity index (χ3n) is 6.77. The van der Waals surface area contributed by atoms with E-state index < -0.39 is 0 Å². The molecule has 2 aromatic rings. The summed E-state index contributed by atoms with van der Waals surface area (Å²) in [5.74, 6) is 0.0636. The molecule has 2 saturated heterocycles. The summed E-state index contributed by atoms with van der Waals surface area (Å²) < 4.78 is 13.5. The number of amides is 2. The summed E-state index contributed by atoms with van der Waals surface area (Å²) in [5, 5.41) is 3.06. The number of aromatic nitrogens is 1. The molecule has 5 rings (SSSR count). The number of benzene rings is 1. The Balaban J connectivity index is 1.36. The molecule has 0 bridgehead atoms. The van der Waals surface area contributed by atoms with E-state index in [1.165, 1.54) is 12.1 Å². The summed E-state index contributed by atoms with van der Waals surface area (Å²) in [6.07, 6.45) is 4.61. The monoisotopic (exact) mass is 422 g/mol. The van der Waals surface area contributed by atoms with Crippen molar-refractivity contribution in [1.29, 1.82) is 0 Å². The van der Waals surface area contributed by atoms with E-state index in [1.54, 1.807) is 18.3 Å². The number of nitrogens with zero attached hydrogens (tertiary/aromatic N) is 3. The van der Waals surface area contributed by atoms with Crippen LogP contribution in [-0.2, 0) is 4.79 Å². The zero-order chi connectivity index (χ0) is 21.4. The average molecular weight is 423 g/mol. The van der Waals surface area contributed by atoms with Crippen LogP contribution in [0.15, 0.2) is 48.7 Å². The first kappa shape index (κ1) is 20.1. The largest absolute Gasteiger partial charge is 0.352 e. The molecule has 1 aromatic carbocycles. The first-order valence-electron chi connectivity index (χ1n) is 11.1. The Bertz CT molecular complexity index is 948. The van der Waals surface area contributed by atoms with Crippen molar-refractivity contribution in [3.63, 3.8) is 0 Å². The molecule has 3 fully saturated rings. The van der Waals surface area contributed by atoms with Gasteiger partial charge in [0, 0.05) is 49.8 Å². The fourth-order valence-corrected chi connectivity index (χ4v) is 5.09. The molecule has 162 valence electrons. The Morgan fingerprint density at radius 1 is 1.06 bits per heavy atom. The molecule has 3 heterocycles. The maximum Gasteiger partial charge on any atom is 0.272 e. The summed E-state index contributed by atoms with van der Waals surface area (Å²) in [7, 11) is 0. The molecular weight excluding hydrogens is 395 g/mol. The number of hydrogen-bond acceptors (Lipinski definition) is 4. The van der Waals surface area contributed by atoms with Gasteiger partial charge >= 0.3 is 0 Å². The molecule has 0 spiro atoms. The van der Waals surface area contributed by atoms with Crippen molar-refractivity contribution in [2.45, 2.75) is 37.3 Å². The molecule has 7 heteroatoms. The number of piperidine rings is 1. The lowest BCUT2D eigenvalue weighted by Crippen LogP contribution is -2.50. The van der Waals surface area contributed by atoms with Gasteiger partial charge in [0.25, 0.3) is 5.91 Å². The van der Waals surface area contributed by atoms with Gasteiger partial charge in [0.2, 0.25) is 5.91 Å². The molecule has 2 amide bonds. The summed E-state index contributed by atoms with van der Waals surface area (Å²) in [4.78, 5) is 34.0. The summed E-state index contributed by atoms with van der Waals surface area (Å²) in [5.41, 5.74) is 1.49. The SMILES string of the molecule is O=C(CN1CC[C@H]2[C@@H](C1)[C@H](c1ccc(F)cc1)CN2C(=O)c1ccccn1)NC1CC1. The highest BCUT2D eigenvalue weighted by Crippen LogP contribution is 2.42. The van der Waals surface area contributed by atoms with Gasteiger partial charge in [-0.3, -0.25) is 19.5 Å². The van der Waals surface area contributed by atoms with Crippen LogP contribution in [-0.4, -0.2) is 64.9 Å². The standard InChI is InChI=1S/C24H27FN4O2/c25-17-6-4-16(5-7-17)19-14-29(24(31)21-3-1-2-11-26-21)22-10-12-28(13-20(19)22)15-23(30)27-18-8-9-18/h1-7,11,18-20,22H,8-10,12-15H2,(H,27,30)/t19-,20-,22-/m0/s1. The van der Waals surface area contributed by atoms with E-state index in [2.05, 4.69) is 15.2 Å². The van der Waals surface area contributed by atoms with Gasteiger partial charge in [-0.25, -0.2) is 4.39 Å².